The van der Waals surface area contributed by atoms with E-state index in [4.69, 9.17) is 0 Å². The number of para-hydroxylation sites is 1. The van der Waals surface area contributed by atoms with Crippen molar-refractivity contribution in [1.82, 2.24) is 15.1 Å². The molecule has 2 heterocycles. The van der Waals surface area contributed by atoms with Gasteiger partial charge in [-0.1, -0.05) is 12.1 Å². The maximum absolute atomic E-state index is 13.9. The maximum Gasteiger partial charge on any atom is 0.276 e. The van der Waals surface area contributed by atoms with Crippen LogP contribution in [0.1, 0.15) is 10.5 Å². The molecule has 0 atom stereocenters. The fourth-order valence-corrected chi connectivity index (χ4v) is 3.03. The molecule has 1 aromatic heterocycles. The normalized spacial score (nSPS) is 13.9. The Hall–Kier alpha value is -3.68. The van der Waals surface area contributed by atoms with E-state index in [0.29, 0.717) is 18.8 Å². The number of carbonyl (C=O) groups is 2. The zero-order valence-electron chi connectivity index (χ0n) is 14.9. The number of rotatable bonds is 4. The van der Waals surface area contributed by atoms with Crippen LogP contribution in [0.4, 0.5) is 15.8 Å². The summed E-state index contributed by atoms with van der Waals surface area (Å²) in [5.41, 5.74) is 1.98. The van der Waals surface area contributed by atoms with Gasteiger partial charge in [0.15, 0.2) is 5.69 Å². The summed E-state index contributed by atoms with van der Waals surface area (Å²) in [6.07, 6.45) is 1.54. The molecule has 0 bridgehead atoms. The summed E-state index contributed by atoms with van der Waals surface area (Å²) < 4.78 is 15.2. The first kappa shape index (κ1) is 17.7. The smallest absolute Gasteiger partial charge is 0.276 e. The molecular weight excluding hydrogens is 361 g/mol. The monoisotopic (exact) mass is 379 g/mol. The Morgan fingerprint density at radius 1 is 1.11 bits per heavy atom. The third-order valence-corrected chi connectivity index (χ3v) is 4.45. The Bertz CT molecular complexity index is 1020. The number of anilines is 2. The van der Waals surface area contributed by atoms with Gasteiger partial charge < -0.3 is 15.5 Å². The number of piperazine rings is 1. The lowest BCUT2D eigenvalue weighted by Crippen LogP contribution is -2.47. The summed E-state index contributed by atoms with van der Waals surface area (Å²) in [7, 11) is 0. The highest BCUT2D eigenvalue weighted by atomic mass is 19.1. The lowest BCUT2D eigenvalue weighted by atomic mass is 10.2. The number of halogens is 1. The van der Waals surface area contributed by atoms with E-state index >= 15 is 0 Å². The second-order valence-electron chi connectivity index (χ2n) is 6.37. The molecule has 1 aliphatic rings. The van der Waals surface area contributed by atoms with E-state index < -0.39 is 5.82 Å². The molecule has 0 aliphatic carbocycles. The van der Waals surface area contributed by atoms with Crippen molar-refractivity contribution in [2.75, 3.05) is 29.9 Å². The molecule has 1 saturated heterocycles. The Morgan fingerprint density at radius 3 is 2.64 bits per heavy atom. The van der Waals surface area contributed by atoms with Crippen LogP contribution in [0, 0.1) is 5.82 Å². The molecule has 3 aromatic rings. The minimum absolute atomic E-state index is 0.00549. The molecule has 0 radical (unpaired) electrons. The van der Waals surface area contributed by atoms with Gasteiger partial charge in [-0.2, -0.15) is 5.10 Å². The van der Waals surface area contributed by atoms with Gasteiger partial charge in [0, 0.05) is 30.7 Å². The minimum Gasteiger partial charge on any atom is -0.360 e. The number of amides is 2. The molecular formula is C20H18FN5O2. The molecule has 1 fully saturated rings. The van der Waals surface area contributed by atoms with Crippen molar-refractivity contribution in [1.29, 1.82) is 0 Å². The first-order valence-electron chi connectivity index (χ1n) is 8.84. The van der Waals surface area contributed by atoms with E-state index in [1.807, 2.05) is 17.0 Å². The number of nitrogens with zero attached hydrogens (tertiary/aromatic N) is 3. The molecule has 7 nitrogen and oxygen atoms in total. The van der Waals surface area contributed by atoms with Crippen molar-refractivity contribution in [2.45, 2.75) is 0 Å². The average molecular weight is 379 g/mol. The van der Waals surface area contributed by atoms with E-state index in [9.17, 15) is 14.0 Å². The highest BCUT2D eigenvalue weighted by Crippen LogP contribution is 2.19. The summed E-state index contributed by atoms with van der Waals surface area (Å²) in [6.45, 7) is 1.67. The van der Waals surface area contributed by atoms with Gasteiger partial charge in [-0.25, -0.2) is 9.07 Å². The second kappa shape index (κ2) is 7.51. The molecule has 0 saturated carbocycles. The summed E-state index contributed by atoms with van der Waals surface area (Å²) in [4.78, 5) is 25.9. The van der Waals surface area contributed by atoms with Crippen LogP contribution < -0.4 is 15.5 Å². The lowest BCUT2D eigenvalue weighted by molar-refractivity contribution is -0.120. The summed E-state index contributed by atoms with van der Waals surface area (Å²) in [6, 6.07) is 15.0. The van der Waals surface area contributed by atoms with Crippen molar-refractivity contribution < 1.29 is 14.0 Å². The predicted molar refractivity (Wildman–Crippen MR) is 103 cm³/mol. The number of hydrogen-bond donors (Lipinski definition) is 2. The summed E-state index contributed by atoms with van der Waals surface area (Å²) in [5.74, 6) is -0.811. The number of hydrogen-bond acceptors (Lipinski definition) is 4. The first-order valence-corrected chi connectivity index (χ1v) is 8.84. The minimum atomic E-state index is -0.417. The summed E-state index contributed by atoms with van der Waals surface area (Å²) >= 11 is 0. The quantitative estimate of drug-likeness (QED) is 0.728. The van der Waals surface area contributed by atoms with Gasteiger partial charge in [0.2, 0.25) is 5.91 Å². The van der Waals surface area contributed by atoms with E-state index in [0.717, 1.165) is 12.2 Å². The maximum atomic E-state index is 13.9. The van der Waals surface area contributed by atoms with Crippen molar-refractivity contribution in [3.05, 3.63) is 72.3 Å². The van der Waals surface area contributed by atoms with Crippen LogP contribution in [0.3, 0.4) is 0 Å². The third-order valence-electron chi connectivity index (χ3n) is 4.45. The van der Waals surface area contributed by atoms with Crippen LogP contribution in [0.5, 0.6) is 0 Å². The fourth-order valence-electron chi connectivity index (χ4n) is 3.03. The topological polar surface area (TPSA) is 79.3 Å². The van der Waals surface area contributed by atoms with Crippen LogP contribution in [0.25, 0.3) is 5.69 Å². The Morgan fingerprint density at radius 2 is 1.89 bits per heavy atom. The number of aromatic nitrogens is 2. The molecule has 4 rings (SSSR count). The first-order chi connectivity index (χ1) is 13.6. The van der Waals surface area contributed by atoms with Gasteiger partial charge in [-0.3, -0.25) is 9.59 Å². The van der Waals surface area contributed by atoms with Gasteiger partial charge in [0.25, 0.3) is 5.91 Å². The third kappa shape index (κ3) is 3.71. The van der Waals surface area contributed by atoms with Crippen molar-refractivity contribution in [3.63, 3.8) is 0 Å². The predicted octanol–water partition coefficient (Wildman–Crippen LogP) is 2.20. The van der Waals surface area contributed by atoms with E-state index in [1.54, 1.807) is 30.3 Å². The van der Waals surface area contributed by atoms with Crippen molar-refractivity contribution in [3.8, 4) is 5.69 Å². The van der Waals surface area contributed by atoms with Gasteiger partial charge in [0.1, 0.15) is 11.5 Å². The fraction of sp³-hybridized carbons (Fsp3) is 0.150. The SMILES string of the molecule is O=C1CN(c2ccc(NC(=O)c3ccn(-c4ccccc4F)n3)cc2)CCN1. The molecule has 2 amide bonds. The molecule has 2 N–H and O–H groups in total. The van der Waals surface area contributed by atoms with Crippen molar-refractivity contribution >= 4 is 23.2 Å². The van der Waals surface area contributed by atoms with E-state index in [-0.39, 0.29) is 23.2 Å². The van der Waals surface area contributed by atoms with E-state index in [2.05, 4.69) is 15.7 Å². The summed E-state index contributed by atoms with van der Waals surface area (Å²) in [5, 5.41) is 9.70. The average Bonchev–Trinajstić information content (AvgIpc) is 3.19. The van der Waals surface area contributed by atoms with Gasteiger partial charge >= 0.3 is 0 Å². The van der Waals surface area contributed by atoms with E-state index in [1.165, 1.54) is 23.0 Å². The highest BCUT2D eigenvalue weighted by molar-refractivity contribution is 6.02. The van der Waals surface area contributed by atoms with Crippen LogP contribution in [-0.4, -0.2) is 41.2 Å². The Balaban J connectivity index is 1.44. The lowest BCUT2D eigenvalue weighted by Gasteiger charge is -2.28. The molecule has 0 unspecified atom stereocenters. The molecule has 142 valence electrons. The standard InChI is InChI=1S/C20H18FN5O2/c21-16-3-1-2-4-18(16)26-11-9-17(24-26)20(28)23-14-5-7-15(8-6-14)25-12-10-22-19(27)13-25/h1-9,11H,10,12-13H2,(H,22,27)(H,23,28). The Kier molecular flexibility index (Phi) is 4.76. The zero-order valence-corrected chi connectivity index (χ0v) is 14.9. The number of nitrogens with one attached hydrogen (secondary N) is 2. The molecule has 0 spiro atoms. The number of carbonyl (C=O) groups excluding carboxylic acids is 2. The van der Waals surface area contributed by atoms with Gasteiger partial charge in [-0.05, 0) is 42.5 Å². The molecule has 1 aliphatic heterocycles. The largest absolute Gasteiger partial charge is 0.360 e. The van der Waals surface area contributed by atoms with Crippen molar-refractivity contribution in [2.24, 2.45) is 0 Å². The highest BCUT2D eigenvalue weighted by Gasteiger charge is 2.17. The van der Waals surface area contributed by atoms with Gasteiger partial charge in [-0.15, -0.1) is 0 Å². The second-order valence-corrected chi connectivity index (χ2v) is 6.37. The van der Waals surface area contributed by atoms with Crippen LogP contribution in [0.2, 0.25) is 0 Å². The zero-order chi connectivity index (χ0) is 19.5. The van der Waals surface area contributed by atoms with Crippen LogP contribution in [0.15, 0.2) is 60.8 Å². The molecule has 2 aromatic carbocycles. The van der Waals surface area contributed by atoms with Gasteiger partial charge in [0.05, 0.1) is 6.54 Å². The number of benzene rings is 2. The Labute approximate surface area is 160 Å². The van der Waals surface area contributed by atoms with Crippen LogP contribution >= 0.6 is 0 Å². The molecule has 28 heavy (non-hydrogen) atoms. The molecule has 8 heteroatoms. The van der Waals surface area contributed by atoms with Crippen LogP contribution in [-0.2, 0) is 4.79 Å².